The van der Waals surface area contributed by atoms with Gasteiger partial charge in [0.2, 0.25) is 0 Å². The highest BCUT2D eigenvalue weighted by molar-refractivity contribution is 5.93. The summed E-state index contributed by atoms with van der Waals surface area (Å²) in [7, 11) is 1.28. The quantitative estimate of drug-likeness (QED) is 0.584. The van der Waals surface area contributed by atoms with Crippen LogP contribution in [0.2, 0.25) is 0 Å². The molecule has 1 N–H and O–H groups in total. The maximum absolute atomic E-state index is 12.1. The first-order valence-electron chi connectivity index (χ1n) is 9.09. The van der Waals surface area contributed by atoms with Gasteiger partial charge in [-0.25, -0.2) is 9.59 Å². The lowest BCUT2D eigenvalue weighted by Crippen LogP contribution is -2.35. The number of amides is 1. The average Bonchev–Trinajstić information content (AvgIpc) is 2.71. The molecule has 1 amide bonds. The molecule has 1 aliphatic carbocycles. The zero-order valence-corrected chi connectivity index (χ0v) is 15.7. The van der Waals surface area contributed by atoms with Crippen molar-refractivity contribution in [2.45, 2.75) is 32.2 Å². The maximum atomic E-state index is 12.1. The van der Waals surface area contributed by atoms with Crippen LogP contribution in [0.25, 0.3) is 0 Å². The fourth-order valence-electron chi connectivity index (χ4n) is 2.85. The fourth-order valence-corrected chi connectivity index (χ4v) is 2.85. The van der Waals surface area contributed by atoms with Crippen LogP contribution < -0.4 is 5.32 Å². The molecule has 0 spiro atoms. The Morgan fingerprint density at radius 1 is 0.929 bits per heavy atom. The third-order valence-electron chi connectivity index (χ3n) is 4.46. The predicted molar refractivity (Wildman–Crippen MR) is 103 cm³/mol. The number of hydrogen-bond acceptors (Lipinski definition) is 5. The molecule has 0 saturated heterocycles. The van der Waals surface area contributed by atoms with Gasteiger partial charge in [0.25, 0.3) is 0 Å². The van der Waals surface area contributed by atoms with E-state index in [1.807, 2.05) is 60.7 Å². The Balaban J connectivity index is 1.52. The molecule has 2 aromatic rings. The van der Waals surface area contributed by atoms with Crippen LogP contribution in [0.3, 0.4) is 0 Å². The minimum absolute atomic E-state index is 0.0111. The van der Waals surface area contributed by atoms with E-state index in [0.717, 1.165) is 16.7 Å². The fraction of sp³-hybridized carbons (Fsp3) is 0.273. The van der Waals surface area contributed by atoms with Crippen LogP contribution in [0.15, 0.2) is 71.9 Å². The monoisotopic (exact) mass is 381 g/mol. The topological polar surface area (TPSA) is 73.9 Å². The van der Waals surface area contributed by atoms with Crippen molar-refractivity contribution in [2.75, 3.05) is 7.11 Å². The van der Waals surface area contributed by atoms with Gasteiger partial charge in [-0.3, -0.25) is 5.32 Å². The molecule has 0 atom stereocenters. The van der Waals surface area contributed by atoms with E-state index in [0.29, 0.717) is 19.4 Å². The van der Waals surface area contributed by atoms with E-state index in [9.17, 15) is 9.59 Å². The predicted octanol–water partition coefficient (Wildman–Crippen LogP) is 3.72. The number of methoxy groups -OCH3 is 1. The summed E-state index contributed by atoms with van der Waals surface area (Å²) in [5.74, 6) is -0.590. The number of benzene rings is 2. The van der Waals surface area contributed by atoms with Crippen molar-refractivity contribution in [2.24, 2.45) is 0 Å². The van der Waals surface area contributed by atoms with Crippen molar-refractivity contribution in [1.82, 2.24) is 5.32 Å². The minimum Gasteiger partial charge on any atom is -0.464 e. The van der Waals surface area contributed by atoms with E-state index >= 15 is 0 Å². The van der Waals surface area contributed by atoms with Crippen LogP contribution in [0.5, 0.6) is 0 Å². The molecule has 1 aliphatic rings. The van der Waals surface area contributed by atoms with Crippen molar-refractivity contribution < 1.29 is 23.8 Å². The largest absolute Gasteiger partial charge is 0.464 e. The summed E-state index contributed by atoms with van der Waals surface area (Å²) in [6.45, 7) is 0.637. The van der Waals surface area contributed by atoms with Crippen molar-refractivity contribution in [3.05, 3.63) is 83.1 Å². The first-order valence-corrected chi connectivity index (χ1v) is 9.09. The lowest BCUT2D eigenvalue weighted by molar-refractivity contribution is -0.136. The molecule has 6 heteroatoms. The average molecular weight is 381 g/mol. The molecule has 6 nitrogen and oxygen atoms in total. The van der Waals surface area contributed by atoms with Gasteiger partial charge in [0.05, 0.1) is 19.8 Å². The molecule has 146 valence electrons. The van der Waals surface area contributed by atoms with E-state index in [-0.39, 0.29) is 18.4 Å². The smallest absolute Gasteiger partial charge is 0.412 e. The SMILES string of the molecule is COC(=O)C(NC(=O)OCc1ccccc1)=C1CC(OCc2ccccc2)C1. The maximum Gasteiger partial charge on any atom is 0.412 e. The molecule has 0 aliphatic heterocycles. The van der Waals surface area contributed by atoms with Crippen LogP contribution in [-0.2, 0) is 32.2 Å². The normalized spacial score (nSPS) is 15.3. The number of carbonyl (C=O) groups is 2. The van der Waals surface area contributed by atoms with Gasteiger partial charge >= 0.3 is 12.1 Å². The van der Waals surface area contributed by atoms with Gasteiger partial charge in [-0.15, -0.1) is 0 Å². The van der Waals surface area contributed by atoms with Gasteiger partial charge < -0.3 is 14.2 Å². The van der Waals surface area contributed by atoms with E-state index in [1.165, 1.54) is 7.11 Å². The van der Waals surface area contributed by atoms with E-state index < -0.39 is 12.1 Å². The second-order valence-electron chi connectivity index (χ2n) is 6.48. The first kappa shape index (κ1) is 19.6. The molecule has 0 heterocycles. The number of carbonyl (C=O) groups excluding carboxylic acids is 2. The summed E-state index contributed by atoms with van der Waals surface area (Å²) in [6.07, 6.45) is 0.453. The molecule has 2 aromatic carbocycles. The highest BCUT2D eigenvalue weighted by Gasteiger charge is 2.31. The van der Waals surface area contributed by atoms with Crippen LogP contribution in [0.1, 0.15) is 24.0 Å². The lowest BCUT2D eigenvalue weighted by Gasteiger charge is -2.31. The Labute approximate surface area is 164 Å². The van der Waals surface area contributed by atoms with Gasteiger partial charge in [0.15, 0.2) is 0 Å². The number of nitrogens with one attached hydrogen (secondary N) is 1. The summed E-state index contributed by atoms with van der Waals surface area (Å²) in [4.78, 5) is 24.1. The number of ether oxygens (including phenoxy) is 3. The Bertz CT molecular complexity index is 825. The number of hydrogen-bond donors (Lipinski definition) is 1. The zero-order chi connectivity index (χ0) is 19.8. The number of alkyl carbamates (subject to hydrolysis) is 1. The third kappa shape index (κ3) is 5.44. The Morgan fingerprint density at radius 2 is 1.50 bits per heavy atom. The standard InChI is InChI=1S/C22H23NO5/c1-26-21(24)20(23-22(25)28-15-17-10-6-3-7-11-17)18-12-19(13-18)27-14-16-8-4-2-5-9-16/h2-11,19H,12-15H2,1H3,(H,23,25). The minimum atomic E-state index is -0.689. The van der Waals surface area contributed by atoms with Gasteiger partial charge in [-0.1, -0.05) is 60.7 Å². The number of esters is 1. The molecule has 28 heavy (non-hydrogen) atoms. The second-order valence-corrected chi connectivity index (χ2v) is 6.48. The van der Waals surface area contributed by atoms with Crippen LogP contribution >= 0.6 is 0 Å². The van der Waals surface area contributed by atoms with Crippen molar-refractivity contribution >= 4 is 12.1 Å². The molecule has 1 saturated carbocycles. The van der Waals surface area contributed by atoms with Crippen molar-refractivity contribution in [3.63, 3.8) is 0 Å². The Morgan fingerprint density at radius 3 is 2.07 bits per heavy atom. The Kier molecular flexibility index (Phi) is 6.81. The highest BCUT2D eigenvalue weighted by atomic mass is 16.6. The highest BCUT2D eigenvalue weighted by Crippen LogP contribution is 2.32. The van der Waals surface area contributed by atoms with E-state index in [2.05, 4.69) is 5.32 Å². The van der Waals surface area contributed by atoms with Gasteiger partial charge in [0.1, 0.15) is 12.3 Å². The summed E-state index contributed by atoms with van der Waals surface area (Å²) >= 11 is 0. The van der Waals surface area contributed by atoms with Crippen LogP contribution in [0.4, 0.5) is 4.79 Å². The van der Waals surface area contributed by atoms with Crippen LogP contribution in [-0.4, -0.2) is 25.3 Å². The van der Waals surface area contributed by atoms with Crippen molar-refractivity contribution in [3.8, 4) is 0 Å². The van der Waals surface area contributed by atoms with Gasteiger partial charge in [0, 0.05) is 0 Å². The van der Waals surface area contributed by atoms with E-state index in [1.54, 1.807) is 0 Å². The molecular weight excluding hydrogens is 358 g/mol. The first-order chi connectivity index (χ1) is 13.7. The molecule has 0 aromatic heterocycles. The van der Waals surface area contributed by atoms with Crippen LogP contribution in [0, 0.1) is 0 Å². The lowest BCUT2D eigenvalue weighted by atomic mass is 9.87. The van der Waals surface area contributed by atoms with Gasteiger partial charge in [-0.05, 0) is 29.5 Å². The summed E-state index contributed by atoms with van der Waals surface area (Å²) in [5, 5.41) is 2.52. The van der Waals surface area contributed by atoms with E-state index in [4.69, 9.17) is 14.2 Å². The summed E-state index contributed by atoms with van der Waals surface area (Å²) in [5.41, 5.74) is 2.89. The number of rotatable bonds is 7. The summed E-state index contributed by atoms with van der Waals surface area (Å²) < 4.78 is 15.8. The molecule has 0 unspecified atom stereocenters. The zero-order valence-electron chi connectivity index (χ0n) is 15.7. The molecule has 0 radical (unpaired) electrons. The summed E-state index contributed by atoms with van der Waals surface area (Å²) in [6, 6.07) is 19.2. The molecule has 0 bridgehead atoms. The second kappa shape index (κ2) is 9.71. The molecular formula is C22H23NO5. The molecule has 3 rings (SSSR count). The van der Waals surface area contributed by atoms with Gasteiger partial charge in [-0.2, -0.15) is 0 Å². The van der Waals surface area contributed by atoms with Crippen molar-refractivity contribution in [1.29, 1.82) is 0 Å². The Hall–Kier alpha value is -3.12. The molecule has 1 fully saturated rings. The third-order valence-corrected chi connectivity index (χ3v) is 4.46.